The van der Waals surface area contributed by atoms with Gasteiger partial charge in [-0.25, -0.2) is 0 Å². The summed E-state index contributed by atoms with van der Waals surface area (Å²) in [5.41, 5.74) is 0. The van der Waals surface area contributed by atoms with Crippen LogP contribution in [0.3, 0.4) is 0 Å². The van der Waals surface area contributed by atoms with Gasteiger partial charge in [0.05, 0.1) is 0 Å². The topological polar surface area (TPSA) is 0 Å². The highest BCUT2D eigenvalue weighted by Crippen LogP contribution is 2.86. The quantitative estimate of drug-likeness (QED) is 0.293. The van der Waals surface area contributed by atoms with Crippen LogP contribution in [0.25, 0.3) is 0 Å². The van der Waals surface area contributed by atoms with Crippen molar-refractivity contribution in [2.75, 3.05) is 0 Å². The minimum Gasteiger partial charge on any atom is -0.110 e. The molecule has 0 aromatic carbocycles. The first-order chi connectivity index (χ1) is 2.49. The van der Waals surface area contributed by atoms with Crippen molar-refractivity contribution in [3.8, 4) is 0 Å². The van der Waals surface area contributed by atoms with Gasteiger partial charge < -0.3 is 0 Å². The molecule has 4 aliphatic heterocycles. The van der Waals surface area contributed by atoms with E-state index in [-0.39, 0.29) is 7.55 Å². The van der Waals surface area contributed by atoms with E-state index >= 15 is 0 Å². The van der Waals surface area contributed by atoms with Crippen molar-refractivity contribution in [3.05, 3.63) is 0 Å². The maximum Gasteiger partial charge on any atom is 0.0276 e. The van der Waals surface area contributed by atoms with Crippen LogP contribution in [0.15, 0.2) is 0 Å². The van der Waals surface area contributed by atoms with E-state index in [1.54, 1.807) is 0 Å². The van der Waals surface area contributed by atoms with Crippen molar-refractivity contribution in [3.63, 3.8) is 0 Å². The normalized spacial score (nSPS) is 48.0. The summed E-state index contributed by atoms with van der Waals surface area (Å²) in [5, 5.41) is 0. The maximum atomic E-state index is 1.49. The van der Waals surface area contributed by atoms with E-state index in [4.69, 9.17) is 0 Å². The first-order valence-corrected chi connectivity index (χ1v) is 4.80. The van der Waals surface area contributed by atoms with Crippen LogP contribution in [-0.4, -0.2) is 31.9 Å². The molecule has 0 saturated carbocycles. The van der Waals surface area contributed by atoms with Crippen molar-refractivity contribution in [2.24, 2.45) is 0 Å². The Morgan fingerprint density at radius 2 is 1.00 bits per heavy atom. The molecular weight excluding hydrogens is 71.3 g/mol. The van der Waals surface area contributed by atoms with Gasteiger partial charge in [0, 0.05) is 24.3 Å². The largest absolute Gasteiger partial charge is 0.110 e. The lowest BCUT2D eigenvalue weighted by Crippen LogP contribution is -2.38. The number of hydrogen-bond acceptors (Lipinski definition) is 0. The van der Waals surface area contributed by atoms with Gasteiger partial charge >= 0.3 is 0 Å². The van der Waals surface area contributed by atoms with E-state index < -0.39 is 0 Å². The van der Waals surface area contributed by atoms with Crippen LogP contribution in [0.1, 0.15) is 0 Å². The number of rotatable bonds is 0. The van der Waals surface area contributed by atoms with Crippen molar-refractivity contribution in [1.82, 2.24) is 0 Å². The number of hydrogen-bond donors (Lipinski definition) is 0. The molecule has 0 aliphatic carbocycles. The summed E-state index contributed by atoms with van der Waals surface area (Å²) < 4.78 is 0. The Kier molecular flexibility index (Phi) is 0.0484. The molecule has 0 N–H and O–H groups in total. The predicted molar refractivity (Wildman–Crippen MR) is 28.8 cm³/mol. The molecule has 0 atom stereocenters. The van der Waals surface area contributed by atoms with E-state index in [0.717, 1.165) is 0 Å². The molecule has 0 radical (unpaired) electrons. The van der Waals surface area contributed by atoms with Gasteiger partial charge in [-0.3, -0.25) is 0 Å². The average molecular weight is 71.3 g/mol. The van der Waals surface area contributed by atoms with Crippen LogP contribution in [0, 0.1) is 0 Å². The summed E-state index contributed by atoms with van der Waals surface area (Å²) in [6.45, 7) is 0. The molecule has 5 heteroatoms. The second-order valence-electron chi connectivity index (χ2n) is 3.10. The summed E-state index contributed by atoms with van der Waals surface area (Å²) >= 11 is 0. The smallest absolute Gasteiger partial charge is 0.0276 e. The fourth-order valence-electron chi connectivity index (χ4n) is 2.66. The number of fused-ring (bicyclic) bond motifs is 4. The molecule has 1 spiro atoms. The molecule has 0 nitrogen and oxygen atoms in total. The van der Waals surface area contributed by atoms with Crippen LogP contribution in [0.2, 0.25) is 0 Å². The zero-order valence-electron chi connectivity index (χ0n) is 2.81. The lowest BCUT2D eigenvalue weighted by Gasteiger charge is -1.97. The Morgan fingerprint density at radius 3 is 1.00 bits per heavy atom. The molecule has 4 heterocycles. The highest BCUT2D eigenvalue weighted by Gasteiger charge is 3.23. The zero-order valence-corrected chi connectivity index (χ0v) is 3.81. The van der Waals surface area contributed by atoms with Gasteiger partial charge in [-0.2, -0.15) is 0 Å². The summed E-state index contributed by atoms with van der Waals surface area (Å²) in [7, 11) is 0.0556. The molecule has 0 bridgehead atoms. The summed E-state index contributed by atoms with van der Waals surface area (Å²) in [6.07, 6.45) is 5.97. The molecule has 0 amide bonds. The van der Waals surface area contributed by atoms with Gasteiger partial charge in [-0.15, -0.1) is 7.55 Å². The molecule has 4 fully saturated rings. The van der Waals surface area contributed by atoms with Crippen LogP contribution in [-0.2, 0) is 0 Å². The van der Waals surface area contributed by atoms with E-state index in [2.05, 4.69) is 0 Å². The van der Waals surface area contributed by atoms with E-state index in [0.29, 0.717) is 0 Å². The second-order valence-corrected chi connectivity index (χ2v) is 7.77. The third-order valence-electron chi connectivity index (χ3n) is 3.42. The molecule has 16 valence electrons. The van der Waals surface area contributed by atoms with E-state index in [1.807, 2.05) is 0 Å². The highest BCUT2D eigenvalue weighted by atomic mass is 28.3. The predicted octanol–water partition coefficient (Wildman–Crippen LogP) is -1.90. The molecule has 0 aromatic heterocycles. The van der Waals surface area contributed by atoms with E-state index in [9.17, 15) is 0 Å². The minimum atomic E-state index is 0.0556. The molecule has 0 aromatic rings. The fourth-order valence-corrected chi connectivity index (χ4v) is 10.1. The first kappa shape index (κ1) is 1.53. The maximum absolute atomic E-state index is 1.49. The Balaban J connectivity index is 2.71. The van der Waals surface area contributed by atoms with Crippen LogP contribution >= 0.6 is 0 Å². The average Bonchev–Trinajstić information content (AvgIpc) is 1.26. The lowest BCUT2D eigenvalue weighted by molar-refractivity contribution is 3.75. The van der Waals surface area contributed by atoms with Crippen molar-refractivity contribution in [1.29, 1.82) is 0 Å². The summed E-state index contributed by atoms with van der Waals surface area (Å²) in [6, 6.07) is 0. The monoisotopic (exact) mass is 72.0 g/mol. The molecule has 0 unspecified atom stereocenters. The van der Waals surface area contributed by atoms with Gasteiger partial charge in [0.2, 0.25) is 0 Å². The van der Waals surface area contributed by atoms with Crippen LogP contribution < -0.4 is 0 Å². The van der Waals surface area contributed by atoms with Gasteiger partial charge in [0.15, 0.2) is 0 Å². The van der Waals surface area contributed by atoms with Crippen LogP contribution in [0.4, 0.5) is 0 Å². The first-order valence-electron chi connectivity index (χ1n) is 2.49. The molecule has 4 rings (SSSR count). The standard InChI is InChI=1S/B4Si/c1-2-4-3(1)5(1,2)4. The lowest BCUT2D eigenvalue weighted by atomic mass is 8.81. The fraction of sp³-hybridized carbons (Fsp3) is 0. The van der Waals surface area contributed by atoms with Crippen molar-refractivity contribution in [2.45, 2.75) is 0 Å². The zero-order chi connectivity index (χ0) is 2.81. The van der Waals surface area contributed by atoms with Gasteiger partial charge in [0.25, 0.3) is 0 Å². The van der Waals surface area contributed by atoms with Crippen LogP contribution in [0.5, 0.6) is 0 Å². The minimum absolute atomic E-state index is 0.0556. The third kappa shape index (κ3) is 0.0260. The Bertz CT molecular complexity index is 106. The second kappa shape index (κ2) is 0.158. The molecule has 4 saturated heterocycles. The highest BCUT2D eigenvalue weighted by molar-refractivity contribution is 8.99. The summed E-state index contributed by atoms with van der Waals surface area (Å²) in [4.78, 5) is 0. The SMILES string of the molecule is B12B3B4B1[Si]234. The molecular formula is B4Si. The van der Waals surface area contributed by atoms with Crippen molar-refractivity contribution >= 4 is 31.9 Å². The van der Waals surface area contributed by atoms with Gasteiger partial charge in [-0.05, 0) is 0 Å². The molecule has 4 aliphatic rings. The van der Waals surface area contributed by atoms with E-state index in [1.165, 1.54) is 24.3 Å². The Hall–Kier alpha value is 0.477. The van der Waals surface area contributed by atoms with Crippen molar-refractivity contribution < 1.29 is 0 Å². The Morgan fingerprint density at radius 1 is 0.800 bits per heavy atom. The van der Waals surface area contributed by atoms with Gasteiger partial charge in [-0.1, -0.05) is 0 Å². The summed E-state index contributed by atoms with van der Waals surface area (Å²) in [5.74, 6) is 0. The Labute approximate surface area is 32.7 Å². The van der Waals surface area contributed by atoms with Gasteiger partial charge in [0.1, 0.15) is 0 Å². The molecule has 5 heavy (non-hydrogen) atoms. The third-order valence-corrected chi connectivity index (χ3v) is 9.37.